The van der Waals surface area contributed by atoms with E-state index in [4.69, 9.17) is 0 Å². The Morgan fingerprint density at radius 3 is 2.70 bits per heavy atom. The Morgan fingerprint density at radius 1 is 1.26 bits per heavy atom. The van der Waals surface area contributed by atoms with Crippen LogP contribution in [-0.2, 0) is 11.2 Å². The Balaban J connectivity index is 1.60. The van der Waals surface area contributed by atoms with Gasteiger partial charge in [0.05, 0.1) is 11.6 Å². The van der Waals surface area contributed by atoms with Gasteiger partial charge < -0.3 is 10.6 Å². The van der Waals surface area contributed by atoms with E-state index in [1.165, 1.54) is 0 Å². The van der Waals surface area contributed by atoms with Crippen LogP contribution in [0.15, 0.2) is 36.4 Å². The summed E-state index contributed by atoms with van der Waals surface area (Å²) in [6, 6.07) is 11.4. The molecule has 1 saturated heterocycles. The molecule has 3 rings (SSSR count). The fourth-order valence-electron chi connectivity index (χ4n) is 2.99. The fraction of sp³-hybridized carbons (Fsp3) is 0.421. The molecule has 0 radical (unpaired) electrons. The van der Waals surface area contributed by atoms with Gasteiger partial charge >= 0.3 is 6.03 Å². The largest absolute Gasteiger partial charge is 0.337 e. The van der Waals surface area contributed by atoms with Crippen molar-refractivity contribution in [3.05, 3.63) is 47.7 Å². The molecule has 4 N–H and O–H groups in total. The zero-order valence-electron chi connectivity index (χ0n) is 15.8. The van der Waals surface area contributed by atoms with E-state index in [0.29, 0.717) is 12.4 Å². The molecule has 1 aromatic carbocycles. The van der Waals surface area contributed by atoms with Gasteiger partial charge in [0, 0.05) is 18.7 Å². The van der Waals surface area contributed by atoms with Crippen molar-refractivity contribution in [2.75, 3.05) is 11.9 Å². The maximum Gasteiger partial charge on any atom is 0.320 e. The molecule has 0 saturated carbocycles. The molecular weight excluding hydrogens is 344 g/mol. The van der Waals surface area contributed by atoms with Crippen LogP contribution in [0.4, 0.5) is 10.6 Å². The molecule has 2 aromatic rings. The lowest BCUT2D eigenvalue weighted by Gasteiger charge is -2.34. The summed E-state index contributed by atoms with van der Waals surface area (Å²) in [6.45, 7) is 6.19. The van der Waals surface area contributed by atoms with Gasteiger partial charge in [-0.25, -0.2) is 9.48 Å². The normalized spacial score (nSPS) is 22.2. The summed E-state index contributed by atoms with van der Waals surface area (Å²) in [7, 11) is 0. The number of aromatic nitrogens is 2. The molecule has 3 unspecified atom stereocenters. The second kappa shape index (κ2) is 8.22. The zero-order chi connectivity index (χ0) is 19.4. The van der Waals surface area contributed by atoms with E-state index >= 15 is 0 Å². The summed E-state index contributed by atoms with van der Waals surface area (Å²) in [6.07, 6.45) is 0.249. The van der Waals surface area contributed by atoms with Gasteiger partial charge in [0.25, 0.3) is 0 Å². The highest BCUT2D eigenvalue weighted by Gasteiger charge is 2.32. The van der Waals surface area contributed by atoms with Crippen molar-refractivity contribution in [1.82, 2.24) is 25.7 Å². The molecule has 2 heterocycles. The van der Waals surface area contributed by atoms with Crippen molar-refractivity contribution in [1.29, 1.82) is 0 Å². The van der Waals surface area contributed by atoms with Gasteiger partial charge in [0.15, 0.2) is 6.29 Å². The number of carbonyl (C=O) groups excluding carboxylic acids is 2. The van der Waals surface area contributed by atoms with Gasteiger partial charge in [-0.1, -0.05) is 37.3 Å². The molecular formula is C19H26N6O2. The van der Waals surface area contributed by atoms with Crippen LogP contribution in [0.25, 0.3) is 0 Å². The third-order valence-electron chi connectivity index (χ3n) is 4.75. The molecule has 1 aliphatic rings. The lowest BCUT2D eigenvalue weighted by molar-refractivity contribution is -0.130. The summed E-state index contributed by atoms with van der Waals surface area (Å²) < 4.78 is 1.59. The van der Waals surface area contributed by atoms with Crippen LogP contribution in [0.1, 0.15) is 31.4 Å². The van der Waals surface area contributed by atoms with Gasteiger partial charge in [-0.05, 0) is 25.8 Å². The average molecular weight is 370 g/mol. The highest BCUT2D eigenvalue weighted by atomic mass is 16.2. The molecule has 1 fully saturated rings. The number of hydrogen-bond acceptors (Lipinski definition) is 4. The second-order valence-corrected chi connectivity index (χ2v) is 6.89. The molecule has 1 aliphatic heterocycles. The minimum atomic E-state index is -0.503. The minimum absolute atomic E-state index is 0.000745. The third-order valence-corrected chi connectivity index (χ3v) is 4.75. The Kier molecular flexibility index (Phi) is 5.75. The number of amides is 3. The number of anilines is 1. The first-order chi connectivity index (χ1) is 12.9. The number of urea groups is 1. The van der Waals surface area contributed by atoms with Crippen LogP contribution in [0, 0.1) is 12.8 Å². The summed E-state index contributed by atoms with van der Waals surface area (Å²) in [5.41, 5.74) is 1.91. The summed E-state index contributed by atoms with van der Waals surface area (Å²) >= 11 is 0. The van der Waals surface area contributed by atoms with Gasteiger partial charge in [-0.15, -0.1) is 0 Å². The molecule has 0 spiro atoms. The van der Waals surface area contributed by atoms with Crippen LogP contribution in [0.3, 0.4) is 0 Å². The molecule has 0 aliphatic carbocycles. The number of aryl methyl sites for hydroxylation is 1. The molecule has 3 atom stereocenters. The molecule has 8 heteroatoms. The maximum atomic E-state index is 12.3. The Hall–Kier alpha value is -2.87. The van der Waals surface area contributed by atoms with Crippen molar-refractivity contribution in [3.8, 4) is 0 Å². The first-order valence-electron chi connectivity index (χ1n) is 9.15. The first-order valence-corrected chi connectivity index (χ1v) is 9.15. The monoisotopic (exact) mass is 370 g/mol. The quantitative estimate of drug-likeness (QED) is 0.644. The molecule has 144 valence electrons. The highest BCUT2D eigenvalue weighted by Crippen LogP contribution is 2.19. The number of hydrogen-bond donors (Lipinski definition) is 4. The standard InChI is InChI=1S/C19H26N6O2/c1-12-11-16(22-19(27)20-10-9-15-7-5-4-6-8-15)25(24-12)18-21-14(3)13(2)17(26)23-18/h4-8,11,13-14,18,21H,9-10H2,1-3H3,(H,23,26)(H2,20,22,27). The predicted molar refractivity (Wildman–Crippen MR) is 103 cm³/mol. The van der Waals surface area contributed by atoms with E-state index in [0.717, 1.165) is 17.7 Å². The van der Waals surface area contributed by atoms with Gasteiger partial charge in [-0.2, -0.15) is 5.10 Å². The third kappa shape index (κ3) is 4.65. The average Bonchev–Trinajstić information content (AvgIpc) is 3.00. The van der Waals surface area contributed by atoms with Gasteiger partial charge in [0.2, 0.25) is 5.91 Å². The van der Waals surface area contributed by atoms with Crippen molar-refractivity contribution in [3.63, 3.8) is 0 Å². The highest BCUT2D eigenvalue weighted by molar-refractivity contribution is 5.88. The number of benzene rings is 1. The lowest BCUT2D eigenvalue weighted by Crippen LogP contribution is -2.57. The zero-order valence-corrected chi connectivity index (χ0v) is 15.8. The SMILES string of the molecule is Cc1cc(NC(=O)NCCc2ccccc2)n(C2NC(=O)C(C)C(C)N2)n1. The lowest BCUT2D eigenvalue weighted by atomic mass is 10.0. The Bertz CT molecular complexity index is 804. The van der Waals surface area contributed by atoms with E-state index in [1.54, 1.807) is 10.7 Å². The van der Waals surface area contributed by atoms with E-state index < -0.39 is 6.29 Å². The number of rotatable bonds is 5. The Morgan fingerprint density at radius 2 is 2.00 bits per heavy atom. The summed E-state index contributed by atoms with van der Waals surface area (Å²) in [5, 5.41) is 16.3. The van der Waals surface area contributed by atoms with E-state index in [9.17, 15) is 9.59 Å². The number of nitrogens with one attached hydrogen (secondary N) is 4. The van der Waals surface area contributed by atoms with Crippen molar-refractivity contribution >= 4 is 17.8 Å². The minimum Gasteiger partial charge on any atom is -0.337 e. The maximum absolute atomic E-state index is 12.3. The van der Waals surface area contributed by atoms with E-state index in [2.05, 4.69) is 26.4 Å². The molecule has 8 nitrogen and oxygen atoms in total. The molecule has 1 aromatic heterocycles. The van der Waals surface area contributed by atoms with Gasteiger partial charge in [0.1, 0.15) is 5.82 Å². The van der Waals surface area contributed by atoms with E-state index in [-0.39, 0.29) is 23.9 Å². The van der Waals surface area contributed by atoms with Crippen LogP contribution in [0.2, 0.25) is 0 Å². The van der Waals surface area contributed by atoms with Crippen molar-refractivity contribution in [2.45, 2.75) is 39.5 Å². The first kappa shape index (κ1) is 18.9. The van der Waals surface area contributed by atoms with E-state index in [1.807, 2.05) is 51.1 Å². The van der Waals surface area contributed by atoms with Crippen LogP contribution < -0.4 is 21.3 Å². The van der Waals surface area contributed by atoms with Crippen LogP contribution in [0.5, 0.6) is 0 Å². The summed E-state index contributed by atoms with van der Waals surface area (Å²) in [4.78, 5) is 24.4. The predicted octanol–water partition coefficient (Wildman–Crippen LogP) is 1.76. The molecule has 3 amide bonds. The second-order valence-electron chi connectivity index (χ2n) is 6.89. The molecule has 0 bridgehead atoms. The van der Waals surface area contributed by atoms with Crippen LogP contribution >= 0.6 is 0 Å². The molecule has 27 heavy (non-hydrogen) atoms. The smallest absolute Gasteiger partial charge is 0.320 e. The summed E-state index contributed by atoms with van der Waals surface area (Å²) in [5.74, 6) is 0.345. The van der Waals surface area contributed by atoms with Crippen molar-refractivity contribution in [2.24, 2.45) is 5.92 Å². The Labute approximate surface area is 158 Å². The topological polar surface area (TPSA) is 100 Å². The fourth-order valence-corrected chi connectivity index (χ4v) is 2.99. The van der Waals surface area contributed by atoms with Crippen LogP contribution in [-0.4, -0.2) is 34.3 Å². The number of nitrogens with zero attached hydrogens (tertiary/aromatic N) is 2. The van der Waals surface area contributed by atoms with Gasteiger partial charge in [-0.3, -0.25) is 15.4 Å². The number of carbonyl (C=O) groups is 2. The van der Waals surface area contributed by atoms with Crippen molar-refractivity contribution < 1.29 is 9.59 Å².